The van der Waals surface area contributed by atoms with Crippen LogP contribution >= 0.6 is 0 Å². The monoisotopic (exact) mass is 523 g/mol. The van der Waals surface area contributed by atoms with E-state index >= 15 is 0 Å². The average Bonchev–Trinajstić information content (AvgIpc) is 3.59. The number of aromatic nitrogens is 4. The number of nitrogens with zero attached hydrogens (tertiary/aromatic N) is 5. The lowest BCUT2D eigenvalue weighted by molar-refractivity contribution is -0.135. The summed E-state index contributed by atoms with van der Waals surface area (Å²) in [4.78, 5) is 29.1. The summed E-state index contributed by atoms with van der Waals surface area (Å²) in [6.45, 7) is 1.74. The molecule has 0 atom stereocenters. The van der Waals surface area contributed by atoms with Crippen LogP contribution in [0.3, 0.4) is 0 Å². The van der Waals surface area contributed by atoms with E-state index in [1.165, 1.54) is 31.4 Å². The molecular weight excluding hydrogens is 488 g/mol. The lowest BCUT2D eigenvalue weighted by Crippen LogP contribution is -2.36. The van der Waals surface area contributed by atoms with Gasteiger partial charge in [-0.15, -0.1) is 0 Å². The Kier molecular flexibility index (Phi) is 7.12. The molecule has 0 unspecified atom stereocenters. The standard InChI is InChI=1S/C28H35F2N7O/c29-19-10-13-23(22(30)16-19)33-28-34-24-17-31-27(32-20-6-2-1-3-7-20)35-25(24)37(28)21-11-8-18(9-12-21)26(38)36-14-4-5-15-36/h10,13,16-18,20-21H,1-9,11-12,14-15H2,(H,33,34)(H,31,32,35). The minimum absolute atomic E-state index is 0.0447. The van der Waals surface area contributed by atoms with Crippen LogP contribution in [0.5, 0.6) is 0 Å². The van der Waals surface area contributed by atoms with Gasteiger partial charge in [0, 0.05) is 37.2 Å². The van der Waals surface area contributed by atoms with Crippen molar-refractivity contribution in [3.63, 3.8) is 0 Å². The Balaban J connectivity index is 1.29. The first kappa shape index (κ1) is 25.0. The largest absolute Gasteiger partial charge is 0.351 e. The van der Waals surface area contributed by atoms with Gasteiger partial charge in [0.15, 0.2) is 5.65 Å². The third-order valence-electron chi connectivity index (χ3n) is 8.38. The fraction of sp³-hybridized carbons (Fsp3) is 0.571. The van der Waals surface area contributed by atoms with Crippen molar-refractivity contribution in [2.45, 2.75) is 82.7 Å². The van der Waals surface area contributed by atoms with E-state index in [1.54, 1.807) is 6.20 Å². The first-order valence-corrected chi connectivity index (χ1v) is 14.1. The zero-order valence-corrected chi connectivity index (χ0v) is 21.6. The molecule has 2 saturated carbocycles. The molecule has 1 aliphatic heterocycles. The zero-order chi connectivity index (χ0) is 26.1. The van der Waals surface area contributed by atoms with E-state index in [-0.39, 0.29) is 23.6 Å². The SMILES string of the molecule is O=C(C1CCC(n2c(Nc3ccc(F)cc3F)nc3cnc(NC4CCCCC4)nc32)CC1)N1CCCC1. The van der Waals surface area contributed by atoms with Gasteiger partial charge in [-0.25, -0.2) is 18.7 Å². The Morgan fingerprint density at radius 3 is 2.42 bits per heavy atom. The van der Waals surface area contributed by atoms with Crippen molar-refractivity contribution in [1.29, 1.82) is 0 Å². The number of fused-ring (bicyclic) bond motifs is 1. The molecule has 8 nitrogen and oxygen atoms in total. The third kappa shape index (κ3) is 5.17. The van der Waals surface area contributed by atoms with Crippen molar-refractivity contribution < 1.29 is 13.6 Å². The number of hydrogen-bond acceptors (Lipinski definition) is 6. The van der Waals surface area contributed by atoms with Gasteiger partial charge in [-0.05, 0) is 63.5 Å². The number of amides is 1. The quantitative estimate of drug-likeness (QED) is 0.415. The number of carbonyl (C=O) groups is 1. The number of hydrogen-bond donors (Lipinski definition) is 2. The number of nitrogens with one attached hydrogen (secondary N) is 2. The van der Waals surface area contributed by atoms with Crippen LogP contribution in [0.25, 0.3) is 11.2 Å². The lowest BCUT2D eigenvalue weighted by Gasteiger charge is -2.32. The van der Waals surface area contributed by atoms with E-state index < -0.39 is 11.6 Å². The zero-order valence-electron chi connectivity index (χ0n) is 21.6. The van der Waals surface area contributed by atoms with Crippen LogP contribution in [0.2, 0.25) is 0 Å². The molecule has 0 spiro atoms. The number of halogens is 2. The summed E-state index contributed by atoms with van der Waals surface area (Å²) >= 11 is 0. The molecule has 10 heteroatoms. The summed E-state index contributed by atoms with van der Waals surface area (Å²) in [6.07, 6.45) is 13.0. The first-order chi connectivity index (χ1) is 18.5. The Morgan fingerprint density at radius 1 is 0.921 bits per heavy atom. The summed E-state index contributed by atoms with van der Waals surface area (Å²) in [6, 6.07) is 3.86. The van der Waals surface area contributed by atoms with E-state index in [1.807, 2.05) is 9.47 Å². The van der Waals surface area contributed by atoms with E-state index in [0.29, 0.717) is 29.1 Å². The molecule has 0 bridgehead atoms. The summed E-state index contributed by atoms with van der Waals surface area (Å²) in [5.74, 6) is 0.0284. The molecule has 0 radical (unpaired) electrons. The molecule has 1 aromatic carbocycles. The van der Waals surface area contributed by atoms with E-state index in [9.17, 15) is 13.6 Å². The Hall–Kier alpha value is -3.30. The molecule has 2 N–H and O–H groups in total. The Labute approximate surface area is 221 Å². The summed E-state index contributed by atoms with van der Waals surface area (Å²) in [7, 11) is 0. The van der Waals surface area contributed by atoms with Crippen LogP contribution in [0.15, 0.2) is 24.4 Å². The predicted octanol–water partition coefficient (Wildman–Crippen LogP) is 5.95. The molecule has 38 heavy (non-hydrogen) atoms. The molecule has 6 rings (SSSR count). The lowest BCUT2D eigenvalue weighted by atomic mass is 9.85. The molecule has 1 amide bonds. The normalized spacial score (nSPS) is 22.6. The topological polar surface area (TPSA) is 88.0 Å². The predicted molar refractivity (Wildman–Crippen MR) is 142 cm³/mol. The van der Waals surface area contributed by atoms with E-state index in [0.717, 1.165) is 70.5 Å². The van der Waals surface area contributed by atoms with Gasteiger partial charge in [-0.3, -0.25) is 9.36 Å². The van der Waals surface area contributed by atoms with Crippen LogP contribution in [-0.4, -0.2) is 49.5 Å². The van der Waals surface area contributed by atoms with Crippen LogP contribution < -0.4 is 10.6 Å². The van der Waals surface area contributed by atoms with Gasteiger partial charge in [0.1, 0.15) is 17.2 Å². The minimum atomic E-state index is -0.686. The van der Waals surface area contributed by atoms with E-state index in [4.69, 9.17) is 9.97 Å². The molecule has 3 heterocycles. The minimum Gasteiger partial charge on any atom is -0.351 e. The molecule has 3 aliphatic rings. The fourth-order valence-corrected chi connectivity index (χ4v) is 6.31. The molecule has 1 saturated heterocycles. The van der Waals surface area contributed by atoms with Crippen molar-refractivity contribution in [1.82, 2.24) is 24.4 Å². The van der Waals surface area contributed by atoms with Crippen LogP contribution in [0, 0.1) is 17.6 Å². The van der Waals surface area contributed by atoms with E-state index in [2.05, 4.69) is 15.6 Å². The smallest absolute Gasteiger partial charge is 0.225 e. The van der Waals surface area contributed by atoms with Crippen molar-refractivity contribution >= 4 is 34.7 Å². The highest BCUT2D eigenvalue weighted by Crippen LogP contribution is 2.38. The van der Waals surface area contributed by atoms with Crippen molar-refractivity contribution in [2.75, 3.05) is 23.7 Å². The summed E-state index contributed by atoms with van der Waals surface area (Å²) < 4.78 is 30.1. The molecule has 2 aliphatic carbocycles. The maximum Gasteiger partial charge on any atom is 0.225 e. The number of benzene rings is 1. The Morgan fingerprint density at radius 2 is 1.68 bits per heavy atom. The second-order valence-corrected chi connectivity index (χ2v) is 11.0. The van der Waals surface area contributed by atoms with Crippen molar-refractivity contribution in [3.05, 3.63) is 36.0 Å². The number of imidazole rings is 1. The molecule has 202 valence electrons. The molecule has 3 aromatic rings. The number of carbonyl (C=O) groups excluding carboxylic acids is 1. The van der Waals surface area contributed by atoms with Gasteiger partial charge in [0.2, 0.25) is 17.8 Å². The first-order valence-electron chi connectivity index (χ1n) is 14.1. The van der Waals surface area contributed by atoms with Gasteiger partial charge in [-0.2, -0.15) is 4.98 Å². The molecule has 3 fully saturated rings. The van der Waals surface area contributed by atoms with Crippen LogP contribution in [0.4, 0.5) is 26.4 Å². The number of anilines is 3. The maximum absolute atomic E-state index is 14.6. The summed E-state index contributed by atoms with van der Waals surface area (Å²) in [5, 5.41) is 6.58. The molecular formula is C28H35F2N7O. The van der Waals surface area contributed by atoms with Gasteiger partial charge in [-0.1, -0.05) is 19.3 Å². The third-order valence-corrected chi connectivity index (χ3v) is 8.38. The fourth-order valence-electron chi connectivity index (χ4n) is 6.31. The highest BCUT2D eigenvalue weighted by atomic mass is 19.1. The van der Waals surface area contributed by atoms with Crippen LogP contribution in [0.1, 0.15) is 76.7 Å². The van der Waals surface area contributed by atoms with Crippen molar-refractivity contribution in [3.8, 4) is 0 Å². The summed E-state index contributed by atoms with van der Waals surface area (Å²) in [5.41, 5.74) is 1.44. The highest BCUT2D eigenvalue weighted by Gasteiger charge is 2.33. The highest BCUT2D eigenvalue weighted by molar-refractivity contribution is 5.79. The van der Waals surface area contributed by atoms with Gasteiger partial charge in [0.05, 0.1) is 11.9 Å². The average molecular weight is 524 g/mol. The van der Waals surface area contributed by atoms with Gasteiger partial charge in [0.25, 0.3) is 0 Å². The van der Waals surface area contributed by atoms with Crippen LogP contribution in [-0.2, 0) is 4.79 Å². The number of rotatable bonds is 6. The second kappa shape index (κ2) is 10.8. The van der Waals surface area contributed by atoms with Crippen molar-refractivity contribution in [2.24, 2.45) is 5.92 Å². The second-order valence-electron chi connectivity index (χ2n) is 11.0. The Bertz CT molecular complexity index is 1290. The maximum atomic E-state index is 14.6. The van der Waals surface area contributed by atoms with Gasteiger partial charge >= 0.3 is 0 Å². The molecule has 2 aromatic heterocycles. The van der Waals surface area contributed by atoms with Gasteiger partial charge < -0.3 is 15.5 Å². The number of likely N-dealkylation sites (tertiary alicyclic amines) is 1.